The highest BCUT2D eigenvalue weighted by atomic mass is 16.3. The van der Waals surface area contributed by atoms with Crippen molar-refractivity contribution < 1.29 is 5.11 Å². The number of benzene rings is 2. The van der Waals surface area contributed by atoms with Crippen molar-refractivity contribution in [2.75, 3.05) is 42.6 Å². The standard InChI is InChI=1S/C27H42N2O/c1-4-7-20-29(21-8-5-2)27-17-13-25(14-18-27)10-9-24-11-15-26(16-12-24)28(19-6-3)22-23-30/h11-18,30H,4-10,19-23H2,1-3H3. The highest BCUT2D eigenvalue weighted by molar-refractivity contribution is 5.49. The molecule has 1 N–H and O–H groups in total. The van der Waals surface area contributed by atoms with Crippen LogP contribution in [0.3, 0.4) is 0 Å². The summed E-state index contributed by atoms with van der Waals surface area (Å²) in [4.78, 5) is 4.80. The molecule has 0 bridgehead atoms. The van der Waals surface area contributed by atoms with Crippen LogP contribution in [0.4, 0.5) is 11.4 Å². The number of aryl methyl sites for hydroxylation is 2. The molecular formula is C27H42N2O. The molecule has 0 aromatic heterocycles. The summed E-state index contributed by atoms with van der Waals surface area (Å²) in [6.07, 6.45) is 8.23. The van der Waals surface area contributed by atoms with Gasteiger partial charge in [0.2, 0.25) is 0 Å². The van der Waals surface area contributed by atoms with E-state index in [0.29, 0.717) is 6.54 Å². The first-order valence-corrected chi connectivity index (χ1v) is 12.0. The van der Waals surface area contributed by atoms with Crippen LogP contribution in [0.25, 0.3) is 0 Å². The molecule has 2 aromatic carbocycles. The summed E-state index contributed by atoms with van der Waals surface area (Å²) in [5, 5.41) is 9.28. The van der Waals surface area contributed by atoms with Crippen molar-refractivity contribution in [3.8, 4) is 0 Å². The van der Waals surface area contributed by atoms with Crippen LogP contribution in [0.15, 0.2) is 48.5 Å². The number of unbranched alkanes of at least 4 members (excludes halogenated alkanes) is 2. The van der Waals surface area contributed by atoms with Gasteiger partial charge in [-0.1, -0.05) is 57.9 Å². The van der Waals surface area contributed by atoms with Gasteiger partial charge in [-0.2, -0.15) is 0 Å². The molecule has 0 heterocycles. The van der Waals surface area contributed by atoms with Crippen LogP contribution in [0, 0.1) is 0 Å². The molecule has 0 unspecified atom stereocenters. The van der Waals surface area contributed by atoms with Gasteiger partial charge in [0.05, 0.1) is 6.61 Å². The summed E-state index contributed by atoms with van der Waals surface area (Å²) in [6, 6.07) is 18.1. The number of nitrogens with zero attached hydrogens (tertiary/aromatic N) is 2. The second-order valence-corrected chi connectivity index (χ2v) is 8.24. The minimum absolute atomic E-state index is 0.200. The number of hydrogen-bond acceptors (Lipinski definition) is 3. The van der Waals surface area contributed by atoms with Crippen LogP contribution in [0.1, 0.15) is 64.0 Å². The van der Waals surface area contributed by atoms with E-state index in [1.54, 1.807) is 0 Å². The quantitative estimate of drug-likeness (QED) is 0.385. The van der Waals surface area contributed by atoms with Gasteiger partial charge in [0.1, 0.15) is 0 Å². The first kappa shape index (κ1) is 24.3. The largest absolute Gasteiger partial charge is 0.395 e. The summed E-state index contributed by atoms with van der Waals surface area (Å²) in [5.74, 6) is 0. The summed E-state index contributed by atoms with van der Waals surface area (Å²) in [7, 11) is 0. The van der Waals surface area contributed by atoms with Gasteiger partial charge in [0.15, 0.2) is 0 Å². The lowest BCUT2D eigenvalue weighted by molar-refractivity contribution is 0.302. The van der Waals surface area contributed by atoms with Crippen LogP contribution >= 0.6 is 0 Å². The Morgan fingerprint density at radius 3 is 1.37 bits per heavy atom. The molecule has 0 atom stereocenters. The minimum atomic E-state index is 0.200. The zero-order chi connectivity index (χ0) is 21.6. The molecule has 0 aliphatic heterocycles. The van der Waals surface area contributed by atoms with Crippen LogP contribution in [0.5, 0.6) is 0 Å². The van der Waals surface area contributed by atoms with E-state index in [1.807, 2.05) is 0 Å². The molecule has 0 saturated heterocycles. The maximum atomic E-state index is 9.28. The van der Waals surface area contributed by atoms with Crippen molar-refractivity contribution in [1.82, 2.24) is 0 Å². The van der Waals surface area contributed by atoms with Gasteiger partial charge < -0.3 is 14.9 Å². The van der Waals surface area contributed by atoms with Crippen molar-refractivity contribution in [2.45, 2.75) is 65.7 Å². The van der Waals surface area contributed by atoms with E-state index in [-0.39, 0.29) is 6.61 Å². The average molecular weight is 411 g/mol. The highest BCUT2D eigenvalue weighted by Crippen LogP contribution is 2.20. The van der Waals surface area contributed by atoms with Crippen LogP contribution < -0.4 is 9.80 Å². The van der Waals surface area contributed by atoms with Gasteiger partial charge in [-0.05, 0) is 67.5 Å². The van der Waals surface area contributed by atoms with Crippen LogP contribution in [0.2, 0.25) is 0 Å². The number of aliphatic hydroxyl groups is 1. The average Bonchev–Trinajstić information content (AvgIpc) is 2.78. The zero-order valence-corrected chi connectivity index (χ0v) is 19.4. The Labute approximate surface area is 184 Å². The maximum absolute atomic E-state index is 9.28. The molecule has 2 aromatic rings. The van der Waals surface area contributed by atoms with Gasteiger partial charge in [-0.3, -0.25) is 0 Å². The van der Waals surface area contributed by atoms with Crippen LogP contribution in [-0.4, -0.2) is 37.9 Å². The fourth-order valence-corrected chi connectivity index (χ4v) is 3.86. The molecule has 0 aliphatic rings. The maximum Gasteiger partial charge on any atom is 0.0606 e. The molecule has 0 spiro atoms. The third kappa shape index (κ3) is 8.02. The van der Waals surface area contributed by atoms with Crippen molar-refractivity contribution in [1.29, 1.82) is 0 Å². The number of anilines is 2. The molecule has 2 rings (SSSR count). The lowest BCUT2D eigenvalue weighted by Gasteiger charge is -2.25. The predicted octanol–water partition coefficient (Wildman–Crippen LogP) is 6.09. The predicted molar refractivity (Wildman–Crippen MR) is 132 cm³/mol. The topological polar surface area (TPSA) is 26.7 Å². The van der Waals surface area contributed by atoms with Gasteiger partial charge in [-0.25, -0.2) is 0 Å². The summed E-state index contributed by atoms with van der Waals surface area (Å²) < 4.78 is 0. The highest BCUT2D eigenvalue weighted by Gasteiger charge is 2.07. The molecule has 0 fully saturated rings. The fraction of sp³-hybridized carbons (Fsp3) is 0.556. The first-order valence-electron chi connectivity index (χ1n) is 12.0. The second kappa shape index (κ2) is 14.1. The third-order valence-corrected chi connectivity index (χ3v) is 5.73. The molecule has 0 aliphatic carbocycles. The molecule has 3 nitrogen and oxygen atoms in total. The van der Waals surface area contributed by atoms with E-state index in [9.17, 15) is 5.11 Å². The van der Waals surface area contributed by atoms with E-state index < -0.39 is 0 Å². The Balaban J connectivity index is 1.92. The van der Waals surface area contributed by atoms with E-state index in [4.69, 9.17) is 0 Å². The molecule has 0 radical (unpaired) electrons. The monoisotopic (exact) mass is 410 g/mol. The first-order chi connectivity index (χ1) is 14.7. The Bertz CT molecular complexity index is 667. The van der Waals surface area contributed by atoms with Gasteiger partial charge in [0, 0.05) is 37.6 Å². The molecule has 166 valence electrons. The summed E-state index contributed by atoms with van der Waals surface area (Å²) >= 11 is 0. The van der Waals surface area contributed by atoms with Crippen molar-refractivity contribution in [3.63, 3.8) is 0 Å². The van der Waals surface area contributed by atoms with Crippen LogP contribution in [-0.2, 0) is 12.8 Å². The van der Waals surface area contributed by atoms with E-state index in [0.717, 1.165) is 38.9 Å². The number of hydrogen-bond donors (Lipinski definition) is 1. The lowest BCUT2D eigenvalue weighted by atomic mass is 10.0. The Hall–Kier alpha value is -2.00. The smallest absolute Gasteiger partial charge is 0.0606 e. The molecule has 30 heavy (non-hydrogen) atoms. The van der Waals surface area contributed by atoms with E-state index >= 15 is 0 Å². The van der Waals surface area contributed by atoms with E-state index in [1.165, 1.54) is 48.2 Å². The number of rotatable bonds is 15. The Morgan fingerprint density at radius 2 is 1.00 bits per heavy atom. The molecule has 0 amide bonds. The van der Waals surface area contributed by atoms with Crippen molar-refractivity contribution in [2.24, 2.45) is 0 Å². The number of aliphatic hydroxyl groups excluding tert-OH is 1. The van der Waals surface area contributed by atoms with Gasteiger partial charge in [-0.15, -0.1) is 0 Å². The SMILES string of the molecule is CCCCN(CCCC)c1ccc(CCc2ccc(N(CCC)CCO)cc2)cc1. The van der Waals surface area contributed by atoms with Crippen molar-refractivity contribution >= 4 is 11.4 Å². The minimum Gasteiger partial charge on any atom is -0.395 e. The second-order valence-electron chi connectivity index (χ2n) is 8.24. The zero-order valence-electron chi connectivity index (χ0n) is 19.4. The van der Waals surface area contributed by atoms with Gasteiger partial charge in [0.25, 0.3) is 0 Å². The summed E-state index contributed by atoms with van der Waals surface area (Å²) in [5.41, 5.74) is 5.35. The third-order valence-electron chi connectivity index (χ3n) is 5.73. The Kier molecular flexibility index (Phi) is 11.4. The molecular weight excluding hydrogens is 368 g/mol. The lowest BCUT2D eigenvalue weighted by Crippen LogP contribution is -2.27. The van der Waals surface area contributed by atoms with Gasteiger partial charge >= 0.3 is 0 Å². The molecule has 0 saturated carbocycles. The summed E-state index contributed by atoms with van der Waals surface area (Å²) in [6.45, 7) is 10.9. The Morgan fingerprint density at radius 1 is 0.567 bits per heavy atom. The van der Waals surface area contributed by atoms with Crippen molar-refractivity contribution in [3.05, 3.63) is 59.7 Å². The molecule has 3 heteroatoms. The fourth-order valence-electron chi connectivity index (χ4n) is 3.86. The van der Waals surface area contributed by atoms with E-state index in [2.05, 4.69) is 79.1 Å². The normalized spacial score (nSPS) is 10.9.